The summed E-state index contributed by atoms with van der Waals surface area (Å²) in [5, 5.41) is 0. The molecule has 0 radical (unpaired) electrons. The Morgan fingerprint density at radius 3 is 2.34 bits per heavy atom. The maximum absolute atomic E-state index is 12.6. The van der Waals surface area contributed by atoms with Gasteiger partial charge in [0.25, 0.3) is 0 Å². The predicted molar refractivity (Wildman–Crippen MR) is 147 cm³/mol. The molecule has 0 aliphatic heterocycles. The molecule has 2 aromatic heterocycles. The summed E-state index contributed by atoms with van der Waals surface area (Å²) in [6.45, 7) is 4.58. The zero-order valence-corrected chi connectivity index (χ0v) is 21.6. The number of esters is 1. The Labute approximate surface area is 222 Å². The summed E-state index contributed by atoms with van der Waals surface area (Å²) in [6, 6.07) is 27.8. The Balaban J connectivity index is 1.23. The van der Waals surface area contributed by atoms with Crippen LogP contribution in [0.1, 0.15) is 39.9 Å². The zero-order valence-electron chi connectivity index (χ0n) is 21.6. The van der Waals surface area contributed by atoms with Gasteiger partial charge < -0.3 is 18.5 Å². The van der Waals surface area contributed by atoms with Crippen LogP contribution in [-0.4, -0.2) is 28.7 Å². The smallest absolute Gasteiger partial charge is 0.339 e. The lowest BCUT2D eigenvalue weighted by Crippen LogP contribution is -2.06. The molecule has 0 aliphatic carbocycles. The zero-order chi connectivity index (χ0) is 26.3. The predicted octanol–water partition coefficient (Wildman–Crippen LogP) is 6.83. The first-order chi connectivity index (χ1) is 18.6. The standard InChI is InChI=1S/C32H30N2O4/c1-3-36-32(35)29-22-34(27-12-8-5-9-13-27)21-26(29)20-24-14-16-28(17-15-24)37-19-18-30-23(2)38-31(33-30)25-10-6-4-7-11-25/h4-17,21-22H,3,18-20H2,1-2H3. The van der Waals surface area contributed by atoms with Gasteiger partial charge in [-0.25, -0.2) is 9.78 Å². The average Bonchev–Trinajstić information content (AvgIpc) is 3.54. The number of benzene rings is 3. The van der Waals surface area contributed by atoms with Gasteiger partial charge in [-0.1, -0.05) is 48.5 Å². The number of carbonyl (C=O) groups is 1. The first-order valence-corrected chi connectivity index (χ1v) is 12.8. The largest absolute Gasteiger partial charge is 0.493 e. The number of hydrogen-bond donors (Lipinski definition) is 0. The highest BCUT2D eigenvalue weighted by molar-refractivity contribution is 5.91. The maximum atomic E-state index is 12.6. The van der Waals surface area contributed by atoms with E-state index in [1.807, 2.05) is 116 Å². The van der Waals surface area contributed by atoms with Crippen LogP contribution in [0.2, 0.25) is 0 Å². The van der Waals surface area contributed by atoms with Crippen molar-refractivity contribution in [3.05, 3.63) is 125 Å². The Morgan fingerprint density at radius 1 is 0.921 bits per heavy atom. The molecule has 2 heterocycles. The number of rotatable bonds is 10. The van der Waals surface area contributed by atoms with E-state index in [2.05, 4.69) is 4.98 Å². The molecule has 0 unspecified atom stereocenters. The average molecular weight is 507 g/mol. The number of hydrogen-bond acceptors (Lipinski definition) is 5. The molecular weight excluding hydrogens is 476 g/mol. The van der Waals surface area contributed by atoms with Crippen molar-refractivity contribution in [1.29, 1.82) is 0 Å². The second-order valence-corrected chi connectivity index (χ2v) is 8.97. The molecule has 192 valence electrons. The Bertz CT molecular complexity index is 1490. The fourth-order valence-corrected chi connectivity index (χ4v) is 4.33. The molecule has 3 aromatic carbocycles. The van der Waals surface area contributed by atoms with Crippen molar-refractivity contribution in [2.75, 3.05) is 13.2 Å². The first kappa shape index (κ1) is 25.1. The quantitative estimate of drug-likeness (QED) is 0.194. The van der Waals surface area contributed by atoms with Gasteiger partial charge in [0, 0.05) is 30.1 Å². The molecule has 0 aliphatic rings. The van der Waals surface area contributed by atoms with Crippen LogP contribution in [0.5, 0.6) is 5.75 Å². The molecule has 0 bridgehead atoms. The summed E-state index contributed by atoms with van der Waals surface area (Å²) in [5.74, 6) is 1.91. The van der Waals surface area contributed by atoms with Gasteiger partial charge in [0.1, 0.15) is 11.5 Å². The first-order valence-electron chi connectivity index (χ1n) is 12.8. The highest BCUT2D eigenvalue weighted by atomic mass is 16.5. The van der Waals surface area contributed by atoms with Crippen molar-refractivity contribution >= 4 is 5.97 Å². The second kappa shape index (κ2) is 11.6. The third-order valence-electron chi connectivity index (χ3n) is 6.30. The Morgan fingerprint density at radius 2 is 1.63 bits per heavy atom. The third-order valence-corrected chi connectivity index (χ3v) is 6.30. The third kappa shape index (κ3) is 5.86. The Hall–Kier alpha value is -4.58. The lowest BCUT2D eigenvalue weighted by Gasteiger charge is -2.07. The van der Waals surface area contributed by atoms with Gasteiger partial charge >= 0.3 is 5.97 Å². The van der Waals surface area contributed by atoms with E-state index in [4.69, 9.17) is 13.9 Å². The lowest BCUT2D eigenvalue weighted by atomic mass is 10.0. The summed E-state index contributed by atoms with van der Waals surface area (Å²) in [4.78, 5) is 17.3. The van der Waals surface area contributed by atoms with E-state index in [1.165, 1.54) is 0 Å². The minimum absolute atomic E-state index is 0.310. The summed E-state index contributed by atoms with van der Waals surface area (Å²) in [5.41, 5.74) is 5.42. The fraction of sp³-hybridized carbons (Fsp3) is 0.188. The summed E-state index contributed by atoms with van der Waals surface area (Å²) >= 11 is 0. The van der Waals surface area contributed by atoms with E-state index >= 15 is 0 Å². The molecule has 5 aromatic rings. The lowest BCUT2D eigenvalue weighted by molar-refractivity contribution is 0.0525. The molecule has 0 spiro atoms. The molecular formula is C32H30N2O4. The normalized spacial score (nSPS) is 10.9. The highest BCUT2D eigenvalue weighted by Gasteiger charge is 2.17. The number of para-hydroxylation sites is 1. The van der Waals surface area contributed by atoms with Gasteiger partial charge in [0.05, 0.1) is 24.5 Å². The van der Waals surface area contributed by atoms with Crippen molar-refractivity contribution in [2.45, 2.75) is 26.7 Å². The summed E-state index contributed by atoms with van der Waals surface area (Å²) in [6.07, 6.45) is 5.10. The monoisotopic (exact) mass is 506 g/mol. The van der Waals surface area contributed by atoms with Crippen molar-refractivity contribution < 1.29 is 18.7 Å². The van der Waals surface area contributed by atoms with E-state index < -0.39 is 0 Å². The van der Waals surface area contributed by atoms with Crippen molar-refractivity contribution in [2.24, 2.45) is 0 Å². The summed E-state index contributed by atoms with van der Waals surface area (Å²) < 4.78 is 19.1. The maximum Gasteiger partial charge on any atom is 0.339 e. The molecule has 0 N–H and O–H groups in total. The topological polar surface area (TPSA) is 66.5 Å². The molecule has 6 nitrogen and oxygen atoms in total. The highest BCUT2D eigenvalue weighted by Crippen LogP contribution is 2.24. The number of aromatic nitrogens is 2. The van der Waals surface area contributed by atoms with Gasteiger partial charge in [-0.3, -0.25) is 0 Å². The van der Waals surface area contributed by atoms with Crippen LogP contribution in [0, 0.1) is 6.92 Å². The van der Waals surface area contributed by atoms with Gasteiger partial charge in [0.2, 0.25) is 5.89 Å². The van der Waals surface area contributed by atoms with Crippen LogP contribution >= 0.6 is 0 Å². The van der Waals surface area contributed by atoms with Gasteiger partial charge in [-0.05, 0) is 67.8 Å². The van der Waals surface area contributed by atoms with E-state index in [1.54, 1.807) is 0 Å². The molecule has 38 heavy (non-hydrogen) atoms. The van der Waals surface area contributed by atoms with Crippen LogP contribution < -0.4 is 4.74 Å². The van der Waals surface area contributed by atoms with E-state index in [0.717, 1.165) is 39.6 Å². The van der Waals surface area contributed by atoms with Gasteiger partial charge in [-0.2, -0.15) is 0 Å². The number of oxazole rings is 1. The number of nitrogens with zero attached hydrogens (tertiary/aromatic N) is 2. The number of ether oxygens (including phenoxy) is 2. The van der Waals surface area contributed by atoms with Gasteiger partial charge in [0.15, 0.2) is 0 Å². The Kier molecular flexibility index (Phi) is 7.69. The molecule has 0 saturated carbocycles. The fourth-order valence-electron chi connectivity index (χ4n) is 4.33. The molecule has 0 fully saturated rings. The molecule has 0 saturated heterocycles. The van der Waals surface area contributed by atoms with Crippen LogP contribution in [-0.2, 0) is 17.6 Å². The SMILES string of the molecule is CCOC(=O)c1cn(-c2ccccc2)cc1Cc1ccc(OCCc2nc(-c3ccccc3)oc2C)cc1. The van der Waals surface area contributed by atoms with Crippen LogP contribution in [0.4, 0.5) is 0 Å². The van der Waals surface area contributed by atoms with Crippen LogP contribution in [0.3, 0.4) is 0 Å². The van der Waals surface area contributed by atoms with E-state index in [0.29, 0.717) is 37.5 Å². The van der Waals surface area contributed by atoms with Crippen LogP contribution in [0.15, 0.2) is 102 Å². The minimum Gasteiger partial charge on any atom is -0.493 e. The molecule has 5 rings (SSSR count). The van der Waals surface area contributed by atoms with Gasteiger partial charge in [-0.15, -0.1) is 0 Å². The van der Waals surface area contributed by atoms with Crippen molar-refractivity contribution in [3.63, 3.8) is 0 Å². The molecule has 6 heteroatoms. The van der Waals surface area contributed by atoms with E-state index in [9.17, 15) is 4.79 Å². The van der Waals surface area contributed by atoms with Crippen LogP contribution in [0.25, 0.3) is 17.1 Å². The number of aryl methyl sites for hydroxylation is 1. The van der Waals surface area contributed by atoms with Crippen molar-refractivity contribution in [3.8, 4) is 22.9 Å². The minimum atomic E-state index is -0.310. The second-order valence-electron chi connectivity index (χ2n) is 8.97. The van der Waals surface area contributed by atoms with E-state index in [-0.39, 0.29) is 5.97 Å². The number of carbonyl (C=O) groups excluding carboxylic acids is 1. The van der Waals surface area contributed by atoms with Crippen molar-refractivity contribution in [1.82, 2.24) is 9.55 Å². The molecule has 0 atom stereocenters. The molecule has 0 amide bonds. The summed E-state index contributed by atoms with van der Waals surface area (Å²) in [7, 11) is 0.